The number of amides is 5. The van der Waals surface area contributed by atoms with E-state index in [0.717, 1.165) is 12.7 Å². The third-order valence-electron chi connectivity index (χ3n) is 5.81. The molecule has 2 aromatic rings. The van der Waals surface area contributed by atoms with Crippen LogP contribution in [0.25, 0.3) is 0 Å². The van der Waals surface area contributed by atoms with Gasteiger partial charge in [0.25, 0.3) is 0 Å². The number of nitrogens with zero attached hydrogens (tertiary/aromatic N) is 1. The molecule has 5 amide bonds. The van der Waals surface area contributed by atoms with Crippen molar-refractivity contribution in [3.63, 3.8) is 0 Å². The summed E-state index contributed by atoms with van der Waals surface area (Å²) < 4.78 is 9.73. The normalized spacial score (nSPS) is 12.8. The van der Waals surface area contributed by atoms with E-state index in [2.05, 4.69) is 36.0 Å². The zero-order valence-corrected chi connectivity index (χ0v) is 23.7. The molecule has 1 heterocycles. The highest BCUT2D eigenvalue weighted by Gasteiger charge is 2.31. The predicted octanol–water partition coefficient (Wildman–Crippen LogP) is -0.572. The van der Waals surface area contributed by atoms with Crippen molar-refractivity contribution in [2.75, 3.05) is 13.7 Å². The maximum atomic E-state index is 13.3. The van der Waals surface area contributed by atoms with Crippen LogP contribution in [0.5, 0.6) is 0 Å². The summed E-state index contributed by atoms with van der Waals surface area (Å²) in [5, 5.41) is 9.78. The zero-order chi connectivity index (χ0) is 31.1. The molecule has 0 spiro atoms. The highest BCUT2D eigenvalue weighted by molar-refractivity contribution is 5.96. The van der Waals surface area contributed by atoms with E-state index < -0.39 is 66.8 Å². The minimum Gasteiger partial charge on any atom is -0.468 e. The molecular weight excluding hydrogens is 550 g/mol. The van der Waals surface area contributed by atoms with Gasteiger partial charge in [-0.2, -0.15) is 0 Å². The molecule has 0 saturated heterocycles. The molecule has 0 saturated carbocycles. The number of aromatic amines is 1. The molecule has 0 radical (unpaired) electrons. The summed E-state index contributed by atoms with van der Waals surface area (Å²) in [5.41, 5.74) is 6.55. The van der Waals surface area contributed by atoms with Crippen LogP contribution in [0, 0.1) is 5.92 Å². The van der Waals surface area contributed by atoms with Crippen LogP contribution in [0.4, 0.5) is 4.79 Å². The van der Waals surface area contributed by atoms with Gasteiger partial charge in [0.1, 0.15) is 31.3 Å². The van der Waals surface area contributed by atoms with Crippen LogP contribution in [-0.4, -0.2) is 77.4 Å². The average molecular weight is 588 g/mol. The molecule has 1 aromatic carbocycles. The number of carbonyl (C=O) groups excluding carboxylic acids is 6. The number of aromatic nitrogens is 2. The zero-order valence-electron chi connectivity index (χ0n) is 23.7. The van der Waals surface area contributed by atoms with Crippen molar-refractivity contribution in [1.29, 1.82) is 0 Å². The summed E-state index contributed by atoms with van der Waals surface area (Å²) in [6.07, 6.45) is 1.49. The van der Waals surface area contributed by atoms with E-state index in [0.29, 0.717) is 5.69 Å². The SMILES string of the molecule is COC(=O)CNC(=O)[C@H](CC(C)C)NC(=O)[C@@H](CC(N)=O)NC(=O)[C@@H](Cc1cnc[nH]1)NC(=O)OCc1ccccc1. The Hall–Kier alpha value is -4.95. The highest BCUT2D eigenvalue weighted by atomic mass is 16.5. The molecule has 1 aromatic heterocycles. The Morgan fingerprint density at radius 3 is 2.19 bits per heavy atom. The largest absolute Gasteiger partial charge is 0.468 e. The van der Waals surface area contributed by atoms with E-state index in [1.165, 1.54) is 12.5 Å². The number of nitrogens with one attached hydrogen (secondary N) is 5. The van der Waals surface area contributed by atoms with E-state index in [-0.39, 0.29) is 25.4 Å². The summed E-state index contributed by atoms with van der Waals surface area (Å²) in [4.78, 5) is 81.7. The van der Waals surface area contributed by atoms with Crippen LogP contribution in [0.2, 0.25) is 0 Å². The Balaban J connectivity index is 2.15. The van der Waals surface area contributed by atoms with Gasteiger partial charge in [0.05, 0.1) is 19.9 Å². The number of hydrogen-bond acceptors (Lipinski definition) is 9. The average Bonchev–Trinajstić information content (AvgIpc) is 3.46. The van der Waals surface area contributed by atoms with Gasteiger partial charge in [-0.3, -0.25) is 24.0 Å². The van der Waals surface area contributed by atoms with Crippen LogP contribution in [0.15, 0.2) is 42.9 Å². The quantitative estimate of drug-likeness (QED) is 0.138. The van der Waals surface area contributed by atoms with Crippen molar-refractivity contribution in [2.24, 2.45) is 11.7 Å². The van der Waals surface area contributed by atoms with Crippen LogP contribution in [-0.2, 0) is 46.5 Å². The molecular formula is C27H37N7O8. The molecule has 42 heavy (non-hydrogen) atoms. The first-order valence-electron chi connectivity index (χ1n) is 13.2. The van der Waals surface area contributed by atoms with Crippen LogP contribution in [0.1, 0.15) is 37.9 Å². The van der Waals surface area contributed by atoms with Gasteiger partial charge < -0.3 is 41.5 Å². The van der Waals surface area contributed by atoms with Crippen molar-refractivity contribution < 1.29 is 38.2 Å². The van der Waals surface area contributed by atoms with Gasteiger partial charge >= 0.3 is 12.1 Å². The number of nitrogens with two attached hydrogens (primary N) is 1. The van der Waals surface area contributed by atoms with Gasteiger partial charge in [0.15, 0.2) is 0 Å². The number of alkyl carbamates (subject to hydrolysis) is 1. The number of hydrogen-bond donors (Lipinski definition) is 6. The minimum atomic E-state index is -1.48. The topological polar surface area (TPSA) is 224 Å². The molecule has 7 N–H and O–H groups in total. The highest BCUT2D eigenvalue weighted by Crippen LogP contribution is 2.08. The second-order valence-electron chi connectivity index (χ2n) is 9.76. The Kier molecular flexibility index (Phi) is 13.5. The molecule has 0 unspecified atom stereocenters. The minimum absolute atomic E-state index is 0.0479. The lowest BCUT2D eigenvalue weighted by molar-refractivity contribution is -0.141. The summed E-state index contributed by atoms with van der Waals surface area (Å²) in [7, 11) is 1.16. The number of methoxy groups -OCH3 is 1. The molecule has 3 atom stereocenters. The van der Waals surface area contributed by atoms with Crippen molar-refractivity contribution in [3.8, 4) is 0 Å². The molecule has 15 heteroatoms. The first-order valence-corrected chi connectivity index (χ1v) is 13.2. The number of ether oxygens (including phenoxy) is 2. The number of esters is 1. The molecule has 0 aliphatic heterocycles. The summed E-state index contributed by atoms with van der Waals surface area (Å²) in [5.74, 6) is -3.98. The number of primary amides is 1. The summed E-state index contributed by atoms with van der Waals surface area (Å²) in [6.45, 7) is 3.17. The van der Waals surface area contributed by atoms with Gasteiger partial charge in [0.2, 0.25) is 23.6 Å². The Morgan fingerprint density at radius 2 is 1.60 bits per heavy atom. The van der Waals surface area contributed by atoms with Crippen molar-refractivity contribution in [1.82, 2.24) is 31.2 Å². The second-order valence-corrected chi connectivity index (χ2v) is 9.76. The number of imidazole rings is 1. The lowest BCUT2D eigenvalue weighted by Crippen LogP contribution is -2.58. The number of H-pyrrole nitrogens is 1. The Bertz CT molecular complexity index is 1200. The lowest BCUT2D eigenvalue weighted by atomic mass is 10.0. The molecule has 15 nitrogen and oxygen atoms in total. The van der Waals surface area contributed by atoms with Crippen molar-refractivity contribution in [2.45, 2.75) is 57.8 Å². The fourth-order valence-corrected chi connectivity index (χ4v) is 3.75. The molecule has 0 fully saturated rings. The van der Waals surface area contributed by atoms with Crippen LogP contribution in [0.3, 0.4) is 0 Å². The van der Waals surface area contributed by atoms with Gasteiger partial charge in [-0.25, -0.2) is 9.78 Å². The van der Waals surface area contributed by atoms with Gasteiger partial charge in [-0.15, -0.1) is 0 Å². The predicted molar refractivity (Wildman–Crippen MR) is 148 cm³/mol. The Labute approximate surface area is 242 Å². The molecule has 0 bridgehead atoms. The summed E-state index contributed by atoms with van der Waals surface area (Å²) >= 11 is 0. The number of carbonyl (C=O) groups is 6. The van der Waals surface area contributed by atoms with Gasteiger partial charge in [-0.1, -0.05) is 44.2 Å². The molecule has 2 rings (SSSR count). The Morgan fingerprint density at radius 1 is 0.929 bits per heavy atom. The van der Waals surface area contributed by atoms with E-state index in [1.807, 2.05) is 19.9 Å². The fourth-order valence-electron chi connectivity index (χ4n) is 3.75. The van der Waals surface area contributed by atoms with Crippen LogP contribution >= 0.6 is 0 Å². The number of benzene rings is 1. The van der Waals surface area contributed by atoms with E-state index in [1.54, 1.807) is 24.3 Å². The molecule has 228 valence electrons. The fraction of sp³-hybridized carbons (Fsp3) is 0.444. The van der Waals surface area contributed by atoms with E-state index in [9.17, 15) is 28.8 Å². The summed E-state index contributed by atoms with van der Waals surface area (Å²) in [6, 6.07) is 5.08. The monoisotopic (exact) mass is 587 g/mol. The first kappa shape index (κ1) is 33.3. The molecule has 0 aliphatic carbocycles. The smallest absolute Gasteiger partial charge is 0.408 e. The standard InChI is InChI=1S/C27H37N7O8/c1-16(2)9-19(24(37)30-13-23(36)41-3)32-26(39)21(11-22(28)35)33-25(38)20(10-18-12-29-15-31-18)34-27(40)42-14-17-7-5-4-6-8-17/h4-8,12,15-16,19-21H,9-11,13-14H2,1-3H3,(H2,28,35)(H,29,31)(H,30,37)(H,32,39)(H,33,38)(H,34,40)/t19-,20+,21+/m0/s1. The van der Waals surface area contributed by atoms with Gasteiger partial charge in [-0.05, 0) is 17.9 Å². The van der Waals surface area contributed by atoms with E-state index in [4.69, 9.17) is 10.5 Å². The lowest BCUT2D eigenvalue weighted by Gasteiger charge is -2.25. The first-order chi connectivity index (χ1) is 20.0. The second kappa shape index (κ2) is 17.0. The van der Waals surface area contributed by atoms with Gasteiger partial charge in [0, 0.05) is 18.3 Å². The number of rotatable bonds is 16. The third-order valence-corrected chi connectivity index (χ3v) is 5.81. The van der Waals surface area contributed by atoms with Crippen molar-refractivity contribution >= 4 is 35.7 Å². The maximum absolute atomic E-state index is 13.3. The van der Waals surface area contributed by atoms with E-state index >= 15 is 0 Å². The van der Waals surface area contributed by atoms with Crippen molar-refractivity contribution in [3.05, 3.63) is 54.1 Å². The maximum Gasteiger partial charge on any atom is 0.408 e. The molecule has 0 aliphatic rings. The third kappa shape index (κ3) is 12.1. The van der Waals surface area contributed by atoms with Crippen LogP contribution < -0.4 is 27.0 Å².